The molecule has 1 nitrogen and oxygen atoms in total. The maximum atomic E-state index is 8.90. The lowest BCUT2D eigenvalue weighted by Gasteiger charge is -2.15. The van der Waals surface area contributed by atoms with E-state index in [0.29, 0.717) is 0 Å². The van der Waals surface area contributed by atoms with Crippen LogP contribution in [0.3, 0.4) is 0 Å². The van der Waals surface area contributed by atoms with E-state index in [1.807, 2.05) is 0 Å². The summed E-state index contributed by atoms with van der Waals surface area (Å²) in [5, 5.41) is 8.90. The molecule has 0 aromatic carbocycles. The number of nitriles is 1. The smallest absolute Gasteiger partial charge is 0.0684 e. The Morgan fingerprint density at radius 1 is 1.54 bits per heavy atom. The van der Waals surface area contributed by atoms with Gasteiger partial charge in [0.05, 0.1) is 11.5 Å². The SMILES string of the molecule is CCC(C)C1CC1CC(C)(C)C#N. The Hall–Kier alpha value is -0.510. The zero-order valence-electron chi connectivity index (χ0n) is 9.30. The highest BCUT2D eigenvalue weighted by Gasteiger charge is 2.42. The zero-order chi connectivity index (χ0) is 10.1. The summed E-state index contributed by atoms with van der Waals surface area (Å²) in [6.45, 7) is 8.71. The van der Waals surface area contributed by atoms with Gasteiger partial charge in [-0.2, -0.15) is 5.26 Å². The fourth-order valence-electron chi connectivity index (χ4n) is 2.21. The van der Waals surface area contributed by atoms with E-state index < -0.39 is 0 Å². The fraction of sp³-hybridized carbons (Fsp3) is 0.917. The van der Waals surface area contributed by atoms with Crippen LogP contribution in [-0.4, -0.2) is 0 Å². The van der Waals surface area contributed by atoms with Crippen molar-refractivity contribution in [3.63, 3.8) is 0 Å². The van der Waals surface area contributed by atoms with Crippen molar-refractivity contribution in [1.29, 1.82) is 5.26 Å². The van der Waals surface area contributed by atoms with Gasteiger partial charge in [0.1, 0.15) is 0 Å². The highest BCUT2D eigenvalue weighted by molar-refractivity contribution is 4.99. The summed E-state index contributed by atoms with van der Waals surface area (Å²) in [6.07, 6.45) is 3.74. The summed E-state index contributed by atoms with van der Waals surface area (Å²) in [5.41, 5.74) is -0.104. The molecule has 0 spiro atoms. The molecular weight excluding hydrogens is 158 g/mol. The van der Waals surface area contributed by atoms with Gasteiger partial charge in [0.2, 0.25) is 0 Å². The molecule has 0 N–H and O–H groups in total. The lowest BCUT2D eigenvalue weighted by atomic mass is 9.87. The molecule has 0 aliphatic heterocycles. The number of nitrogens with zero attached hydrogens (tertiary/aromatic N) is 1. The van der Waals surface area contributed by atoms with Crippen LogP contribution in [0.2, 0.25) is 0 Å². The molecule has 13 heavy (non-hydrogen) atoms. The van der Waals surface area contributed by atoms with Gasteiger partial charge in [-0.25, -0.2) is 0 Å². The van der Waals surface area contributed by atoms with E-state index in [4.69, 9.17) is 5.26 Å². The molecule has 0 bridgehead atoms. The van der Waals surface area contributed by atoms with Crippen molar-refractivity contribution in [2.45, 2.75) is 47.0 Å². The molecule has 0 heterocycles. The molecular formula is C12H21N. The predicted molar refractivity (Wildman–Crippen MR) is 55.1 cm³/mol. The summed E-state index contributed by atoms with van der Waals surface area (Å²) in [4.78, 5) is 0. The molecule has 1 aliphatic carbocycles. The van der Waals surface area contributed by atoms with E-state index in [0.717, 1.165) is 24.2 Å². The van der Waals surface area contributed by atoms with Crippen LogP contribution in [0.1, 0.15) is 47.0 Å². The predicted octanol–water partition coefficient (Wildman–Crippen LogP) is 3.61. The Balaban J connectivity index is 2.33. The van der Waals surface area contributed by atoms with Gasteiger partial charge in [0, 0.05) is 0 Å². The van der Waals surface area contributed by atoms with Crippen LogP contribution in [-0.2, 0) is 0 Å². The third-order valence-corrected chi connectivity index (χ3v) is 3.43. The average Bonchev–Trinajstić information content (AvgIpc) is 2.82. The average molecular weight is 179 g/mol. The topological polar surface area (TPSA) is 23.8 Å². The minimum absolute atomic E-state index is 0.104. The van der Waals surface area contributed by atoms with Crippen LogP contribution in [0.15, 0.2) is 0 Å². The Labute approximate surface area is 82.1 Å². The van der Waals surface area contributed by atoms with Crippen molar-refractivity contribution in [3.05, 3.63) is 0 Å². The molecule has 1 saturated carbocycles. The molecule has 0 amide bonds. The van der Waals surface area contributed by atoms with Crippen molar-refractivity contribution in [1.82, 2.24) is 0 Å². The van der Waals surface area contributed by atoms with E-state index in [2.05, 4.69) is 33.8 Å². The highest BCUT2D eigenvalue weighted by Crippen LogP contribution is 2.50. The van der Waals surface area contributed by atoms with Gasteiger partial charge in [-0.3, -0.25) is 0 Å². The molecule has 1 aliphatic rings. The minimum Gasteiger partial charge on any atom is -0.198 e. The van der Waals surface area contributed by atoms with Crippen molar-refractivity contribution in [2.75, 3.05) is 0 Å². The van der Waals surface area contributed by atoms with Gasteiger partial charge < -0.3 is 0 Å². The number of rotatable bonds is 4. The summed E-state index contributed by atoms with van der Waals surface area (Å²) in [5.74, 6) is 2.61. The Bertz CT molecular complexity index is 212. The lowest BCUT2D eigenvalue weighted by molar-refractivity contribution is 0.374. The van der Waals surface area contributed by atoms with Gasteiger partial charge >= 0.3 is 0 Å². The van der Waals surface area contributed by atoms with Crippen LogP contribution in [0.4, 0.5) is 0 Å². The summed E-state index contributed by atoms with van der Waals surface area (Å²) in [7, 11) is 0. The molecule has 1 fully saturated rings. The molecule has 0 radical (unpaired) electrons. The maximum absolute atomic E-state index is 8.90. The number of hydrogen-bond donors (Lipinski definition) is 0. The van der Waals surface area contributed by atoms with Gasteiger partial charge in [-0.1, -0.05) is 20.3 Å². The second-order valence-corrected chi connectivity index (χ2v) is 5.24. The van der Waals surface area contributed by atoms with Crippen LogP contribution >= 0.6 is 0 Å². The quantitative estimate of drug-likeness (QED) is 0.646. The Morgan fingerprint density at radius 2 is 2.15 bits per heavy atom. The molecule has 3 atom stereocenters. The Kier molecular flexibility index (Phi) is 3.01. The van der Waals surface area contributed by atoms with Gasteiger partial charge in [-0.05, 0) is 44.4 Å². The summed E-state index contributed by atoms with van der Waals surface area (Å²) >= 11 is 0. The van der Waals surface area contributed by atoms with Crippen LogP contribution in [0.5, 0.6) is 0 Å². The van der Waals surface area contributed by atoms with Crippen LogP contribution in [0, 0.1) is 34.5 Å². The molecule has 0 aromatic rings. The second kappa shape index (κ2) is 3.70. The first-order valence-electron chi connectivity index (χ1n) is 5.41. The summed E-state index contributed by atoms with van der Waals surface area (Å²) < 4.78 is 0. The molecule has 1 heteroatoms. The molecule has 74 valence electrons. The normalized spacial score (nSPS) is 29.5. The van der Waals surface area contributed by atoms with E-state index in [9.17, 15) is 0 Å². The van der Waals surface area contributed by atoms with Crippen molar-refractivity contribution in [3.8, 4) is 6.07 Å². The lowest BCUT2D eigenvalue weighted by Crippen LogP contribution is -2.10. The minimum atomic E-state index is -0.104. The molecule has 1 rings (SSSR count). The van der Waals surface area contributed by atoms with Gasteiger partial charge in [0.25, 0.3) is 0 Å². The number of hydrogen-bond acceptors (Lipinski definition) is 1. The monoisotopic (exact) mass is 179 g/mol. The van der Waals surface area contributed by atoms with Crippen LogP contribution < -0.4 is 0 Å². The molecule has 0 saturated heterocycles. The third kappa shape index (κ3) is 2.72. The highest BCUT2D eigenvalue weighted by atomic mass is 14.5. The second-order valence-electron chi connectivity index (χ2n) is 5.24. The first kappa shape index (κ1) is 10.6. The summed E-state index contributed by atoms with van der Waals surface area (Å²) in [6, 6.07) is 2.39. The van der Waals surface area contributed by atoms with Crippen LogP contribution in [0.25, 0.3) is 0 Å². The van der Waals surface area contributed by atoms with Crippen molar-refractivity contribution < 1.29 is 0 Å². The zero-order valence-corrected chi connectivity index (χ0v) is 9.30. The van der Waals surface area contributed by atoms with Crippen molar-refractivity contribution >= 4 is 0 Å². The first-order valence-corrected chi connectivity index (χ1v) is 5.41. The van der Waals surface area contributed by atoms with Gasteiger partial charge in [-0.15, -0.1) is 0 Å². The van der Waals surface area contributed by atoms with E-state index in [1.165, 1.54) is 12.8 Å². The van der Waals surface area contributed by atoms with E-state index in [1.54, 1.807) is 0 Å². The maximum Gasteiger partial charge on any atom is 0.0684 e. The largest absolute Gasteiger partial charge is 0.198 e. The standard InChI is InChI=1S/C12H21N/c1-5-9(2)11-6-10(11)7-12(3,4)8-13/h9-11H,5-7H2,1-4H3. The fourth-order valence-corrected chi connectivity index (χ4v) is 2.21. The van der Waals surface area contributed by atoms with Crippen molar-refractivity contribution in [2.24, 2.45) is 23.2 Å². The first-order chi connectivity index (χ1) is 6.00. The Morgan fingerprint density at radius 3 is 2.62 bits per heavy atom. The van der Waals surface area contributed by atoms with E-state index in [-0.39, 0.29) is 5.41 Å². The van der Waals surface area contributed by atoms with E-state index >= 15 is 0 Å². The van der Waals surface area contributed by atoms with Gasteiger partial charge in [0.15, 0.2) is 0 Å². The third-order valence-electron chi connectivity index (χ3n) is 3.43. The molecule has 0 aromatic heterocycles. The molecule has 3 unspecified atom stereocenters.